The average molecular weight is 373 g/mol. The Bertz CT molecular complexity index is 779. The molecule has 2 amide bonds. The summed E-state index contributed by atoms with van der Waals surface area (Å²) in [6.45, 7) is 3.87. The fourth-order valence-corrected chi connectivity index (χ4v) is 2.91. The Morgan fingerprint density at radius 2 is 1.78 bits per heavy atom. The van der Waals surface area contributed by atoms with Crippen LogP contribution in [-0.4, -0.2) is 66.9 Å². The number of benzene rings is 1. The van der Waals surface area contributed by atoms with Gasteiger partial charge in [-0.15, -0.1) is 0 Å². The zero-order chi connectivity index (χ0) is 19.2. The van der Waals surface area contributed by atoms with Gasteiger partial charge in [0.25, 0.3) is 5.91 Å². The smallest absolute Gasteiger partial charge is 0.409 e. The lowest BCUT2D eigenvalue weighted by Crippen LogP contribution is -2.50. The van der Waals surface area contributed by atoms with Gasteiger partial charge >= 0.3 is 6.09 Å². The Morgan fingerprint density at radius 1 is 1.11 bits per heavy atom. The first-order chi connectivity index (χ1) is 13.1. The molecular formula is C19H23N3O5. The van der Waals surface area contributed by atoms with Crippen LogP contribution in [0.3, 0.4) is 0 Å². The van der Waals surface area contributed by atoms with Crippen LogP contribution in [0.5, 0.6) is 5.75 Å². The van der Waals surface area contributed by atoms with Crippen LogP contribution in [0.15, 0.2) is 34.9 Å². The van der Waals surface area contributed by atoms with Crippen molar-refractivity contribution in [3.63, 3.8) is 0 Å². The first kappa shape index (κ1) is 18.8. The topological polar surface area (TPSA) is 85.1 Å². The molecule has 0 saturated carbocycles. The van der Waals surface area contributed by atoms with Crippen LogP contribution in [-0.2, 0) is 11.2 Å². The number of carbonyl (C=O) groups excluding carboxylic acids is 2. The number of ether oxygens (including phenoxy) is 2. The lowest BCUT2D eigenvalue weighted by molar-refractivity contribution is 0.0539. The molecular weight excluding hydrogens is 350 g/mol. The summed E-state index contributed by atoms with van der Waals surface area (Å²) in [4.78, 5) is 27.6. The summed E-state index contributed by atoms with van der Waals surface area (Å²) in [6, 6.07) is 9.33. The molecule has 0 unspecified atom stereocenters. The van der Waals surface area contributed by atoms with E-state index in [4.69, 9.17) is 14.0 Å². The molecule has 8 heteroatoms. The van der Waals surface area contributed by atoms with E-state index in [2.05, 4.69) is 5.16 Å². The minimum Gasteiger partial charge on any atom is -0.497 e. The highest BCUT2D eigenvalue weighted by Crippen LogP contribution is 2.16. The Labute approximate surface area is 157 Å². The van der Waals surface area contributed by atoms with E-state index in [-0.39, 0.29) is 17.8 Å². The van der Waals surface area contributed by atoms with Crippen molar-refractivity contribution >= 4 is 12.0 Å². The van der Waals surface area contributed by atoms with Crippen molar-refractivity contribution in [1.82, 2.24) is 15.0 Å². The van der Waals surface area contributed by atoms with Crippen molar-refractivity contribution in [3.8, 4) is 5.75 Å². The molecule has 8 nitrogen and oxygen atoms in total. The third-order valence-corrected chi connectivity index (χ3v) is 4.41. The second-order valence-electron chi connectivity index (χ2n) is 6.19. The largest absolute Gasteiger partial charge is 0.497 e. The average Bonchev–Trinajstić information content (AvgIpc) is 3.17. The van der Waals surface area contributed by atoms with E-state index in [0.29, 0.717) is 44.9 Å². The third-order valence-electron chi connectivity index (χ3n) is 4.41. The summed E-state index contributed by atoms with van der Waals surface area (Å²) >= 11 is 0. The van der Waals surface area contributed by atoms with Gasteiger partial charge in [0, 0.05) is 38.7 Å². The van der Waals surface area contributed by atoms with Crippen molar-refractivity contribution in [2.24, 2.45) is 0 Å². The molecule has 0 atom stereocenters. The van der Waals surface area contributed by atoms with E-state index in [1.807, 2.05) is 24.3 Å². The number of carbonyl (C=O) groups is 2. The van der Waals surface area contributed by atoms with Crippen LogP contribution in [0.25, 0.3) is 0 Å². The standard InChI is InChI=1S/C19H23N3O5/c1-3-26-19(24)22-10-8-21(9-11-22)18(23)17-13-15(20-27-17)12-14-4-6-16(25-2)7-5-14/h4-7,13H,3,8-12H2,1-2H3. The van der Waals surface area contributed by atoms with Crippen molar-refractivity contribution in [3.05, 3.63) is 47.3 Å². The van der Waals surface area contributed by atoms with Crippen molar-refractivity contribution in [2.45, 2.75) is 13.3 Å². The predicted molar refractivity (Wildman–Crippen MR) is 96.8 cm³/mol. The first-order valence-electron chi connectivity index (χ1n) is 8.90. The number of amides is 2. The molecule has 1 aliphatic heterocycles. The maximum atomic E-state index is 12.6. The molecule has 0 radical (unpaired) electrons. The van der Waals surface area contributed by atoms with Gasteiger partial charge in [-0.25, -0.2) is 4.79 Å². The SMILES string of the molecule is CCOC(=O)N1CCN(C(=O)c2cc(Cc3ccc(OC)cc3)no2)CC1. The van der Waals surface area contributed by atoms with Gasteiger partial charge in [0.1, 0.15) is 5.75 Å². The van der Waals surface area contributed by atoms with Crippen LogP contribution >= 0.6 is 0 Å². The second kappa shape index (κ2) is 8.57. The number of rotatable bonds is 5. The maximum absolute atomic E-state index is 12.6. The molecule has 1 aromatic carbocycles. The Kier molecular flexibility index (Phi) is 5.95. The summed E-state index contributed by atoms with van der Waals surface area (Å²) in [5.74, 6) is 0.784. The van der Waals surface area contributed by atoms with E-state index >= 15 is 0 Å². The van der Waals surface area contributed by atoms with Crippen LogP contribution < -0.4 is 4.74 Å². The van der Waals surface area contributed by atoms with E-state index in [1.54, 1.807) is 29.9 Å². The van der Waals surface area contributed by atoms with Gasteiger partial charge < -0.3 is 23.8 Å². The lowest BCUT2D eigenvalue weighted by Gasteiger charge is -2.33. The summed E-state index contributed by atoms with van der Waals surface area (Å²) in [5.41, 5.74) is 1.74. The van der Waals surface area contributed by atoms with Gasteiger partial charge in [-0.05, 0) is 24.6 Å². The highest BCUT2D eigenvalue weighted by molar-refractivity contribution is 5.91. The highest BCUT2D eigenvalue weighted by Gasteiger charge is 2.27. The fraction of sp³-hybridized carbons (Fsp3) is 0.421. The molecule has 2 heterocycles. The quantitative estimate of drug-likeness (QED) is 0.799. The molecule has 1 aliphatic rings. The number of hydrogen-bond acceptors (Lipinski definition) is 6. The molecule has 144 valence electrons. The molecule has 0 aliphatic carbocycles. The number of methoxy groups -OCH3 is 1. The summed E-state index contributed by atoms with van der Waals surface area (Å²) in [5, 5.41) is 4.00. The van der Waals surface area contributed by atoms with Crippen LogP contribution in [0.4, 0.5) is 4.79 Å². The van der Waals surface area contributed by atoms with Crippen LogP contribution in [0.2, 0.25) is 0 Å². The zero-order valence-corrected chi connectivity index (χ0v) is 15.5. The van der Waals surface area contributed by atoms with Crippen LogP contribution in [0.1, 0.15) is 28.7 Å². The second-order valence-corrected chi connectivity index (χ2v) is 6.19. The molecule has 1 fully saturated rings. The number of nitrogens with zero attached hydrogens (tertiary/aromatic N) is 3. The Hall–Kier alpha value is -3.03. The summed E-state index contributed by atoms with van der Waals surface area (Å²) in [7, 11) is 1.62. The highest BCUT2D eigenvalue weighted by atomic mass is 16.6. The van der Waals surface area contributed by atoms with Crippen LogP contribution in [0, 0.1) is 0 Å². The van der Waals surface area contributed by atoms with E-state index in [9.17, 15) is 9.59 Å². The van der Waals surface area contributed by atoms with Crippen molar-refractivity contribution in [1.29, 1.82) is 0 Å². The van der Waals surface area contributed by atoms with Gasteiger partial charge in [0.15, 0.2) is 0 Å². The first-order valence-corrected chi connectivity index (χ1v) is 8.90. The normalized spacial score (nSPS) is 14.1. The molecule has 2 aromatic rings. The summed E-state index contributed by atoms with van der Waals surface area (Å²) < 4.78 is 15.4. The van der Waals surface area contributed by atoms with Gasteiger partial charge in [-0.1, -0.05) is 17.3 Å². The zero-order valence-electron chi connectivity index (χ0n) is 15.5. The molecule has 3 rings (SSSR count). The fourth-order valence-electron chi connectivity index (χ4n) is 2.91. The van der Waals surface area contributed by atoms with Gasteiger partial charge in [0.05, 0.1) is 19.4 Å². The Balaban J connectivity index is 1.56. The molecule has 1 aromatic heterocycles. The molecule has 27 heavy (non-hydrogen) atoms. The monoisotopic (exact) mass is 373 g/mol. The van der Waals surface area contributed by atoms with Gasteiger partial charge in [0.2, 0.25) is 5.76 Å². The predicted octanol–water partition coefficient (Wildman–Crippen LogP) is 2.19. The maximum Gasteiger partial charge on any atom is 0.409 e. The molecule has 0 spiro atoms. The summed E-state index contributed by atoms with van der Waals surface area (Å²) in [6.07, 6.45) is 0.225. The van der Waals surface area contributed by atoms with E-state index in [1.165, 1.54) is 0 Å². The van der Waals surface area contributed by atoms with Gasteiger partial charge in [-0.3, -0.25) is 4.79 Å². The molecule has 0 bridgehead atoms. The Morgan fingerprint density at radius 3 is 2.41 bits per heavy atom. The molecule has 0 N–H and O–H groups in total. The number of hydrogen-bond donors (Lipinski definition) is 0. The van der Waals surface area contributed by atoms with Crippen molar-refractivity contribution < 1.29 is 23.6 Å². The van der Waals surface area contributed by atoms with Gasteiger partial charge in [-0.2, -0.15) is 0 Å². The number of piperazine rings is 1. The lowest BCUT2D eigenvalue weighted by atomic mass is 10.1. The van der Waals surface area contributed by atoms with E-state index in [0.717, 1.165) is 11.3 Å². The minimum atomic E-state index is -0.342. The molecule has 1 saturated heterocycles. The minimum absolute atomic E-state index is 0.211. The van der Waals surface area contributed by atoms with Crippen molar-refractivity contribution in [2.75, 3.05) is 39.9 Å². The van der Waals surface area contributed by atoms with E-state index < -0.39 is 0 Å². The number of aromatic nitrogens is 1. The third kappa shape index (κ3) is 4.58.